The van der Waals surface area contributed by atoms with Crippen LogP contribution in [0.3, 0.4) is 0 Å². The van der Waals surface area contributed by atoms with E-state index in [-0.39, 0.29) is 0 Å². The highest BCUT2D eigenvalue weighted by atomic mass is 16.5. The molecule has 0 radical (unpaired) electrons. The Hall–Kier alpha value is -2.95. The van der Waals surface area contributed by atoms with Gasteiger partial charge in [0, 0.05) is 5.56 Å². The minimum atomic E-state index is -0.961. The lowest BCUT2D eigenvalue weighted by atomic mass is 10.1. The molecule has 1 heterocycles. The van der Waals surface area contributed by atoms with Gasteiger partial charge in [0.2, 0.25) is 0 Å². The number of aromatic nitrogens is 2. The Bertz CT molecular complexity index is 831. The zero-order valence-corrected chi connectivity index (χ0v) is 12.6. The number of carboxylic acids is 1. The van der Waals surface area contributed by atoms with Gasteiger partial charge in [0.05, 0.1) is 22.9 Å². The third-order valence-electron chi connectivity index (χ3n) is 3.52. The van der Waals surface area contributed by atoms with Gasteiger partial charge in [0.1, 0.15) is 5.75 Å². The largest absolute Gasteiger partial charge is 0.479 e. The van der Waals surface area contributed by atoms with Gasteiger partial charge in [-0.05, 0) is 42.8 Å². The summed E-state index contributed by atoms with van der Waals surface area (Å²) in [5.74, 6) is -0.436. The standard InChI is InChI=1S/C18H16N2O3/c1-2-17(18(21)22)23-13-9-7-12(8-10-13)16-11-19-14-5-3-4-6-15(14)20-16/h3-11,17H,2H2,1H3,(H,21,22)/t17-/m1/s1. The molecule has 0 fully saturated rings. The molecule has 0 aliphatic heterocycles. The number of aliphatic carboxylic acids is 1. The van der Waals surface area contributed by atoms with Gasteiger partial charge < -0.3 is 9.84 Å². The van der Waals surface area contributed by atoms with E-state index in [1.807, 2.05) is 36.4 Å². The second-order valence-electron chi connectivity index (χ2n) is 5.12. The van der Waals surface area contributed by atoms with Crippen molar-refractivity contribution in [2.45, 2.75) is 19.4 Å². The fourth-order valence-corrected chi connectivity index (χ4v) is 2.27. The smallest absolute Gasteiger partial charge is 0.344 e. The summed E-state index contributed by atoms with van der Waals surface area (Å²) >= 11 is 0. The van der Waals surface area contributed by atoms with Gasteiger partial charge >= 0.3 is 5.97 Å². The summed E-state index contributed by atoms with van der Waals surface area (Å²) in [7, 11) is 0. The summed E-state index contributed by atoms with van der Waals surface area (Å²) in [5.41, 5.74) is 3.35. The topological polar surface area (TPSA) is 72.3 Å². The van der Waals surface area contributed by atoms with E-state index in [1.54, 1.807) is 25.3 Å². The average Bonchev–Trinajstić information content (AvgIpc) is 2.59. The van der Waals surface area contributed by atoms with E-state index in [4.69, 9.17) is 9.84 Å². The molecular weight excluding hydrogens is 292 g/mol. The molecule has 116 valence electrons. The van der Waals surface area contributed by atoms with Crippen molar-refractivity contribution in [3.05, 3.63) is 54.7 Å². The predicted octanol–water partition coefficient (Wildman–Crippen LogP) is 3.54. The molecule has 0 aliphatic rings. The Labute approximate surface area is 133 Å². The van der Waals surface area contributed by atoms with E-state index in [9.17, 15) is 4.79 Å². The first kappa shape index (κ1) is 15.0. The van der Waals surface area contributed by atoms with Crippen molar-refractivity contribution in [1.29, 1.82) is 0 Å². The highest BCUT2D eigenvalue weighted by molar-refractivity contribution is 5.77. The normalized spacial score (nSPS) is 12.0. The predicted molar refractivity (Wildman–Crippen MR) is 87.3 cm³/mol. The second-order valence-corrected chi connectivity index (χ2v) is 5.12. The van der Waals surface area contributed by atoms with E-state index < -0.39 is 12.1 Å². The van der Waals surface area contributed by atoms with Crippen LogP contribution in [0.5, 0.6) is 5.75 Å². The van der Waals surface area contributed by atoms with E-state index in [0.717, 1.165) is 22.3 Å². The molecule has 2 aromatic carbocycles. The maximum atomic E-state index is 11.0. The van der Waals surface area contributed by atoms with Crippen molar-refractivity contribution < 1.29 is 14.6 Å². The van der Waals surface area contributed by atoms with Crippen molar-refractivity contribution in [3.63, 3.8) is 0 Å². The number of hydrogen-bond acceptors (Lipinski definition) is 4. The third kappa shape index (κ3) is 3.29. The Morgan fingerprint density at radius 2 is 1.83 bits per heavy atom. The number of carbonyl (C=O) groups is 1. The monoisotopic (exact) mass is 308 g/mol. The fraction of sp³-hybridized carbons (Fsp3) is 0.167. The number of ether oxygens (including phenoxy) is 1. The number of fused-ring (bicyclic) bond motifs is 1. The molecule has 1 atom stereocenters. The number of hydrogen-bond donors (Lipinski definition) is 1. The molecule has 1 aromatic heterocycles. The summed E-state index contributed by atoms with van der Waals surface area (Å²) in [4.78, 5) is 20.0. The van der Waals surface area contributed by atoms with Crippen LogP contribution in [0.15, 0.2) is 54.7 Å². The van der Waals surface area contributed by atoms with Gasteiger partial charge in [-0.3, -0.25) is 4.98 Å². The van der Waals surface area contributed by atoms with E-state index >= 15 is 0 Å². The average molecular weight is 308 g/mol. The van der Waals surface area contributed by atoms with Crippen LogP contribution in [0.1, 0.15) is 13.3 Å². The first-order valence-electron chi connectivity index (χ1n) is 7.39. The zero-order chi connectivity index (χ0) is 16.2. The zero-order valence-electron chi connectivity index (χ0n) is 12.6. The van der Waals surface area contributed by atoms with Gasteiger partial charge in [-0.25, -0.2) is 9.78 Å². The van der Waals surface area contributed by atoms with Crippen LogP contribution in [0.2, 0.25) is 0 Å². The van der Waals surface area contributed by atoms with Gasteiger partial charge in [-0.15, -0.1) is 0 Å². The Balaban J connectivity index is 1.84. The molecule has 23 heavy (non-hydrogen) atoms. The quantitative estimate of drug-likeness (QED) is 0.780. The number of rotatable bonds is 5. The molecule has 0 saturated carbocycles. The van der Waals surface area contributed by atoms with Crippen LogP contribution < -0.4 is 4.74 Å². The SMILES string of the molecule is CC[C@@H](Oc1ccc(-c2cnc3ccccc3n2)cc1)C(=O)O. The van der Waals surface area contributed by atoms with Crippen molar-refractivity contribution in [2.75, 3.05) is 0 Å². The molecule has 1 N–H and O–H groups in total. The van der Waals surface area contributed by atoms with Crippen LogP contribution in [-0.2, 0) is 4.79 Å². The van der Waals surface area contributed by atoms with Gasteiger partial charge in [0.25, 0.3) is 0 Å². The van der Waals surface area contributed by atoms with E-state index in [0.29, 0.717) is 12.2 Å². The van der Waals surface area contributed by atoms with Crippen LogP contribution in [0, 0.1) is 0 Å². The number of nitrogens with zero attached hydrogens (tertiary/aromatic N) is 2. The molecule has 0 bridgehead atoms. The van der Waals surface area contributed by atoms with Gasteiger partial charge in [0.15, 0.2) is 6.10 Å². The number of carboxylic acid groups (broad SMARTS) is 1. The summed E-state index contributed by atoms with van der Waals surface area (Å²) < 4.78 is 5.45. The molecule has 0 spiro atoms. The van der Waals surface area contributed by atoms with E-state index in [2.05, 4.69) is 9.97 Å². The summed E-state index contributed by atoms with van der Waals surface area (Å²) in [6.45, 7) is 1.78. The van der Waals surface area contributed by atoms with E-state index in [1.165, 1.54) is 0 Å². The molecule has 5 nitrogen and oxygen atoms in total. The minimum absolute atomic E-state index is 0.410. The maximum Gasteiger partial charge on any atom is 0.344 e. The molecule has 0 aliphatic carbocycles. The molecule has 3 aromatic rings. The Morgan fingerprint density at radius 3 is 2.48 bits per heavy atom. The van der Waals surface area contributed by atoms with Gasteiger partial charge in [-0.1, -0.05) is 19.1 Å². The van der Waals surface area contributed by atoms with Crippen molar-refractivity contribution in [2.24, 2.45) is 0 Å². The lowest BCUT2D eigenvalue weighted by Crippen LogP contribution is -2.25. The fourth-order valence-electron chi connectivity index (χ4n) is 2.27. The number of benzene rings is 2. The highest BCUT2D eigenvalue weighted by Crippen LogP contribution is 2.23. The van der Waals surface area contributed by atoms with Crippen LogP contribution in [-0.4, -0.2) is 27.1 Å². The first-order valence-corrected chi connectivity index (χ1v) is 7.39. The van der Waals surface area contributed by atoms with Crippen molar-refractivity contribution in [1.82, 2.24) is 9.97 Å². The Morgan fingerprint density at radius 1 is 1.13 bits per heavy atom. The summed E-state index contributed by atoms with van der Waals surface area (Å²) in [6, 6.07) is 14.9. The molecule has 0 saturated heterocycles. The highest BCUT2D eigenvalue weighted by Gasteiger charge is 2.16. The van der Waals surface area contributed by atoms with Crippen molar-refractivity contribution in [3.8, 4) is 17.0 Å². The van der Waals surface area contributed by atoms with Crippen LogP contribution >= 0.6 is 0 Å². The minimum Gasteiger partial charge on any atom is -0.479 e. The third-order valence-corrected chi connectivity index (χ3v) is 3.52. The number of para-hydroxylation sites is 2. The van der Waals surface area contributed by atoms with Crippen LogP contribution in [0.25, 0.3) is 22.3 Å². The maximum absolute atomic E-state index is 11.0. The lowest BCUT2D eigenvalue weighted by molar-refractivity contribution is -0.145. The molecule has 5 heteroatoms. The molecule has 0 unspecified atom stereocenters. The molecule has 0 amide bonds. The molecule has 3 rings (SSSR count). The second kappa shape index (κ2) is 6.44. The van der Waals surface area contributed by atoms with Gasteiger partial charge in [-0.2, -0.15) is 0 Å². The van der Waals surface area contributed by atoms with Crippen LogP contribution in [0.4, 0.5) is 0 Å². The lowest BCUT2D eigenvalue weighted by Gasteiger charge is -2.13. The summed E-state index contributed by atoms with van der Waals surface area (Å²) in [5, 5.41) is 9.02. The Kier molecular flexibility index (Phi) is 4.19. The summed E-state index contributed by atoms with van der Waals surface area (Å²) in [6.07, 6.45) is 1.30. The molecular formula is C18H16N2O3. The van der Waals surface area contributed by atoms with Crippen molar-refractivity contribution >= 4 is 17.0 Å². The first-order chi connectivity index (χ1) is 11.2.